The van der Waals surface area contributed by atoms with Crippen molar-refractivity contribution in [1.82, 2.24) is 19.4 Å². The van der Waals surface area contributed by atoms with Crippen molar-refractivity contribution < 1.29 is 9.53 Å². The minimum Gasteiger partial charge on any atom is -0.497 e. The lowest BCUT2D eigenvalue weighted by molar-refractivity contribution is 0.0391. The van der Waals surface area contributed by atoms with Crippen LogP contribution < -0.4 is 10.3 Å². The van der Waals surface area contributed by atoms with Gasteiger partial charge in [0, 0.05) is 37.8 Å². The summed E-state index contributed by atoms with van der Waals surface area (Å²) in [4.78, 5) is 35.2. The van der Waals surface area contributed by atoms with E-state index in [1.54, 1.807) is 11.7 Å². The third-order valence-electron chi connectivity index (χ3n) is 6.39. The molecule has 7 nitrogen and oxygen atoms in total. The first-order chi connectivity index (χ1) is 15.4. The van der Waals surface area contributed by atoms with Gasteiger partial charge in [0.25, 0.3) is 11.5 Å². The van der Waals surface area contributed by atoms with Gasteiger partial charge >= 0.3 is 0 Å². The van der Waals surface area contributed by atoms with Crippen LogP contribution in [-0.4, -0.2) is 58.0 Å². The Morgan fingerprint density at radius 2 is 1.88 bits per heavy atom. The highest BCUT2D eigenvalue weighted by atomic mass is 16.5. The molecule has 1 aliphatic heterocycles. The van der Waals surface area contributed by atoms with Gasteiger partial charge in [0.05, 0.1) is 24.1 Å². The van der Waals surface area contributed by atoms with Crippen LogP contribution in [0.25, 0.3) is 10.9 Å². The molecule has 2 unspecified atom stereocenters. The minimum atomic E-state index is -0.0343. The molecule has 1 saturated heterocycles. The molecule has 2 heterocycles. The smallest absolute Gasteiger partial charge is 0.261 e. The average Bonchev–Trinajstić information content (AvgIpc) is 2.83. The van der Waals surface area contributed by atoms with Crippen LogP contribution in [0.3, 0.4) is 0 Å². The molecule has 168 valence electrons. The summed E-state index contributed by atoms with van der Waals surface area (Å²) in [5.41, 5.74) is 1.39. The average molecular weight is 435 g/mol. The number of carbonyl (C=O) groups is 1. The number of aromatic nitrogens is 2. The third kappa shape index (κ3) is 4.00. The van der Waals surface area contributed by atoms with Crippen LogP contribution in [0.4, 0.5) is 0 Å². The molecule has 4 rings (SSSR count). The number of hydrogen-bond acceptors (Lipinski definition) is 5. The van der Waals surface area contributed by atoms with Gasteiger partial charge in [0.15, 0.2) is 0 Å². The summed E-state index contributed by atoms with van der Waals surface area (Å²) in [5, 5.41) is 0.647. The lowest BCUT2D eigenvalue weighted by Gasteiger charge is -2.42. The maximum Gasteiger partial charge on any atom is 0.261 e. The Morgan fingerprint density at radius 3 is 2.53 bits per heavy atom. The zero-order valence-corrected chi connectivity index (χ0v) is 19.1. The van der Waals surface area contributed by atoms with Crippen molar-refractivity contribution in [1.29, 1.82) is 0 Å². The Labute approximate surface area is 188 Å². The van der Waals surface area contributed by atoms with Crippen molar-refractivity contribution in [3.63, 3.8) is 0 Å². The SMILES string of the molecule is CCn1c(C(C)N2CCN(C(=O)c3ccc(OC)cc3)C(C)C2)nc2ccccc2c1=O. The van der Waals surface area contributed by atoms with Gasteiger partial charge in [-0.2, -0.15) is 0 Å². The Hall–Kier alpha value is -3.19. The highest BCUT2D eigenvalue weighted by molar-refractivity contribution is 5.94. The van der Waals surface area contributed by atoms with E-state index in [0.717, 1.165) is 30.2 Å². The van der Waals surface area contributed by atoms with Gasteiger partial charge in [-0.1, -0.05) is 12.1 Å². The molecule has 0 N–H and O–H groups in total. The van der Waals surface area contributed by atoms with Crippen molar-refractivity contribution in [3.8, 4) is 5.75 Å². The highest BCUT2D eigenvalue weighted by Crippen LogP contribution is 2.24. The molecule has 0 spiro atoms. The van der Waals surface area contributed by atoms with Gasteiger partial charge in [0.1, 0.15) is 11.6 Å². The number of fused-ring (bicyclic) bond motifs is 1. The van der Waals surface area contributed by atoms with Crippen LogP contribution >= 0.6 is 0 Å². The van der Waals surface area contributed by atoms with E-state index in [9.17, 15) is 9.59 Å². The molecule has 3 aromatic rings. The Balaban J connectivity index is 1.54. The number of benzene rings is 2. The van der Waals surface area contributed by atoms with Crippen LogP contribution in [0, 0.1) is 0 Å². The van der Waals surface area contributed by atoms with E-state index < -0.39 is 0 Å². The van der Waals surface area contributed by atoms with Crippen LogP contribution in [-0.2, 0) is 6.54 Å². The molecule has 0 radical (unpaired) electrons. The molecule has 0 bridgehead atoms. The van der Waals surface area contributed by atoms with Gasteiger partial charge < -0.3 is 9.64 Å². The largest absolute Gasteiger partial charge is 0.497 e. The lowest BCUT2D eigenvalue weighted by Crippen LogP contribution is -2.54. The molecule has 2 atom stereocenters. The number of hydrogen-bond donors (Lipinski definition) is 0. The molecule has 2 aromatic carbocycles. The number of piperazine rings is 1. The topological polar surface area (TPSA) is 67.7 Å². The summed E-state index contributed by atoms with van der Waals surface area (Å²) in [6.45, 7) is 8.77. The predicted octanol–water partition coefficient (Wildman–Crippen LogP) is 3.33. The number of carbonyl (C=O) groups excluding carboxylic acids is 1. The molecule has 0 aliphatic carbocycles. The lowest BCUT2D eigenvalue weighted by atomic mass is 10.1. The number of amides is 1. The van der Waals surface area contributed by atoms with Gasteiger partial charge in [-0.25, -0.2) is 4.98 Å². The number of para-hydroxylation sites is 1. The fourth-order valence-electron chi connectivity index (χ4n) is 4.51. The number of rotatable bonds is 5. The second-order valence-corrected chi connectivity index (χ2v) is 8.28. The Kier molecular flexibility index (Phi) is 6.28. The van der Waals surface area contributed by atoms with Crippen molar-refractivity contribution in [3.05, 3.63) is 70.3 Å². The first kappa shape index (κ1) is 22.0. The summed E-state index contributed by atoms with van der Waals surface area (Å²) in [6.07, 6.45) is 0. The van der Waals surface area contributed by atoms with Crippen LogP contribution in [0.1, 0.15) is 43.0 Å². The quantitative estimate of drug-likeness (QED) is 0.616. The van der Waals surface area contributed by atoms with Gasteiger partial charge in [0.2, 0.25) is 0 Å². The Morgan fingerprint density at radius 1 is 1.16 bits per heavy atom. The fraction of sp³-hybridized carbons (Fsp3) is 0.400. The predicted molar refractivity (Wildman–Crippen MR) is 125 cm³/mol. The molecule has 1 fully saturated rings. The van der Waals surface area contributed by atoms with E-state index in [1.807, 2.05) is 60.4 Å². The van der Waals surface area contributed by atoms with E-state index in [-0.39, 0.29) is 23.6 Å². The monoisotopic (exact) mass is 434 g/mol. The fourth-order valence-corrected chi connectivity index (χ4v) is 4.51. The summed E-state index contributed by atoms with van der Waals surface area (Å²) < 4.78 is 6.96. The van der Waals surface area contributed by atoms with E-state index in [2.05, 4.69) is 18.7 Å². The summed E-state index contributed by atoms with van der Waals surface area (Å²) in [6, 6.07) is 14.7. The molecule has 32 heavy (non-hydrogen) atoms. The van der Waals surface area contributed by atoms with E-state index >= 15 is 0 Å². The van der Waals surface area contributed by atoms with Gasteiger partial charge in [-0.3, -0.25) is 19.1 Å². The van der Waals surface area contributed by atoms with Crippen molar-refractivity contribution in [2.24, 2.45) is 0 Å². The van der Waals surface area contributed by atoms with Crippen molar-refractivity contribution in [2.75, 3.05) is 26.7 Å². The van der Waals surface area contributed by atoms with Crippen LogP contribution in [0.15, 0.2) is 53.3 Å². The molecule has 1 aromatic heterocycles. The molecule has 1 amide bonds. The van der Waals surface area contributed by atoms with E-state index in [1.165, 1.54) is 0 Å². The first-order valence-electron chi connectivity index (χ1n) is 11.1. The molecule has 1 aliphatic rings. The number of nitrogens with zero attached hydrogens (tertiary/aromatic N) is 4. The highest BCUT2D eigenvalue weighted by Gasteiger charge is 2.32. The van der Waals surface area contributed by atoms with Crippen molar-refractivity contribution >= 4 is 16.8 Å². The number of methoxy groups -OCH3 is 1. The normalized spacial score (nSPS) is 18.0. The standard InChI is InChI=1S/C25H30N4O3/c1-5-28-23(26-22-9-7-6-8-21(22)25(28)31)18(3)27-14-15-29(17(2)16-27)24(30)19-10-12-20(32-4)13-11-19/h6-13,17-18H,5,14-16H2,1-4H3. The first-order valence-corrected chi connectivity index (χ1v) is 11.1. The van der Waals surface area contributed by atoms with Gasteiger partial charge in [-0.15, -0.1) is 0 Å². The summed E-state index contributed by atoms with van der Waals surface area (Å²) in [5.74, 6) is 1.54. The number of ether oxygens (including phenoxy) is 1. The second kappa shape index (κ2) is 9.12. The minimum absolute atomic E-state index is 0.00122. The van der Waals surface area contributed by atoms with Crippen LogP contribution in [0.2, 0.25) is 0 Å². The summed E-state index contributed by atoms with van der Waals surface area (Å²) >= 11 is 0. The molecule has 0 saturated carbocycles. The zero-order chi connectivity index (χ0) is 22.8. The summed E-state index contributed by atoms with van der Waals surface area (Å²) in [7, 11) is 1.61. The third-order valence-corrected chi connectivity index (χ3v) is 6.39. The van der Waals surface area contributed by atoms with E-state index in [4.69, 9.17) is 9.72 Å². The maximum atomic E-state index is 13.1. The molecular weight excluding hydrogens is 404 g/mol. The molecule has 7 heteroatoms. The van der Waals surface area contributed by atoms with Crippen molar-refractivity contribution in [2.45, 2.75) is 39.4 Å². The Bertz CT molecular complexity index is 1170. The van der Waals surface area contributed by atoms with Crippen LogP contribution in [0.5, 0.6) is 5.75 Å². The maximum absolute atomic E-state index is 13.1. The second-order valence-electron chi connectivity index (χ2n) is 8.28. The zero-order valence-electron chi connectivity index (χ0n) is 19.1. The van der Waals surface area contributed by atoms with Gasteiger partial charge in [-0.05, 0) is 57.2 Å². The van der Waals surface area contributed by atoms with E-state index in [0.29, 0.717) is 24.0 Å². The molecular formula is C25H30N4O3.